The lowest BCUT2D eigenvalue weighted by Crippen LogP contribution is -1.96. The Hall–Kier alpha value is -1.81. The molecular weight excluding hydrogens is 218 g/mol. The summed E-state index contributed by atoms with van der Waals surface area (Å²) in [5, 5.41) is 18.8. The van der Waals surface area contributed by atoms with E-state index in [0.717, 1.165) is 22.9 Å². The van der Waals surface area contributed by atoms with Crippen molar-refractivity contribution in [2.24, 2.45) is 7.05 Å². The second-order valence-corrected chi connectivity index (χ2v) is 4.13. The molecule has 0 aliphatic rings. The molecule has 0 amide bonds. The molecule has 1 aromatic carbocycles. The van der Waals surface area contributed by atoms with Gasteiger partial charge in [0.25, 0.3) is 0 Å². The van der Waals surface area contributed by atoms with Crippen LogP contribution >= 0.6 is 0 Å². The molecule has 0 aliphatic heterocycles. The smallest absolute Gasteiger partial charge is 0.335 e. The van der Waals surface area contributed by atoms with Gasteiger partial charge in [-0.1, -0.05) is 0 Å². The van der Waals surface area contributed by atoms with Crippen molar-refractivity contribution >= 4 is 16.9 Å². The molecule has 0 saturated carbocycles. The third-order valence-corrected chi connectivity index (χ3v) is 2.92. The van der Waals surface area contributed by atoms with Crippen LogP contribution in [0.15, 0.2) is 24.4 Å². The van der Waals surface area contributed by atoms with Crippen LogP contribution in [0.4, 0.5) is 0 Å². The van der Waals surface area contributed by atoms with Gasteiger partial charge in [0.1, 0.15) is 0 Å². The van der Waals surface area contributed by atoms with Crippen LogP contribution in [-0.2, 0) is 13.5 Å². The number of aromatic nitrogens is 1. The van der Waals surface area contributed by atoms with Crippen molar-refractivity contribution < 1.29 is 15.0 Å². The predicted molar refractivity (Wildman–Crippen MR) is 65.3 cm³/mol. The minimum atomic E-state index is -0.913. The number of aryl methyl sites for hydroxylation is 2. The number of nitrogens with zero attached hydrogens (tertiary/aromatic N) is 1. The molecule has 0 spiro atoms. The SMILES string of the molecule is Cn1cc(CCCO)c2cc(C(=O)O)ccc21. The first-order valence-corrected chi connectivity index (χ1v) is 5.55. The van der Waals surface area contributed by atoms with Crippen molar-refractivity contribution in [1.82, 2.24) is 4.57 Å². The molecule has 0 radical (unpaired) electrons. The molecule has 4 heteroatoms. The van der Waals surface area contributed by atoms with Crippen LogP contribution < -0.4 is 0 Å². The van der Waals surface area contributed by atoms with Crippen LogP contribution in [0.3, 0.4) is 0 Å². The van der Waals surface area contributed by atoms with E-state index in [-0.39, 0.29) is 6.61 Å². The van der Waals surface area contributed by atoms with Crippen LogP contribution in [-0.4, -0.2) is 27.4 Å². The van der Waals surface area contributed by atoms with Gasteiger partial charge in [-0.3, -0.25) is 0 Å². The molecule has 2 aromatic rings. The van der Waals surface area contributed by atoms with E-state index in [0.29, 0.717) is 12.0 Å². The summed E-state index contributed by atoms with van der Waals surface area (Å²) >= 11 is 0. The van der Waals surface area contributed by atoms with Gasteiger partial charge in [0.15, 0.2) is 0 Å². The molecule has 0 atom stereocenters. The number of aromatic carboxylic acids is 1. The summed E-state index contributed by atoms with van der Waals surface area (Å²) in [7, 11) is 1.94. The Kier molecular flexibility index (Phi) is 3.15. The van der Waals surface area contributed by atoms with Crippen molar-refractivity contribution in [1.29, 1.82) is 0 Å². The predicted octanol–water partition coefficient (Wildman–Crippen LogP) is 1.80. The summed E-state index contributed by atoms with van der Waals surface area (Å²) in [5.74, 6) is -0.913. The number of aliphatic hydroxyl groups excluding tert-OH is 1. The van der Waals surface area contributed by atoms with Gasteiger partial charge in [0.2, 0.25) is 0 Å². The van der Waals surface area contributed by atoms with E-state index >= 15 is 0 Å². The highest BCUT2D eigenvalue weighted by Crippen LogP contribution is 2.23. The number of fused-ring (bicyclic) bond motifs is 1. The molecule has 4 nitrogen and oxygen atoms in total. The molecule has 2 N–H and O–H groups in total. The fraction of sp³-hybridized carbons (Fsp3) is 0.308. The maximum absolute atomic E-state index is 10.9. The highest BCUT2D eigenvalue weighted by molar-refractivity contribution is 5.94. The van der Waals surface area contributed by atoms with Gasteiger partial charge < -0.3 is 14.8 Å². The quantitative estimate of drug-likeness (QED) is 0.846. The Labute approximate surface area is 99.1 Å². The molecular formula is C13H15NO3. The Morgan fingerprint density at radius 2 is 2.18 bits per heavy atom. The fourth-order valence-electron chi connectivity index (χ4n) is 2.08. The summed E-state index contributed by atoms with van der Waals surface area (Å²) in [5.41, 5.74) is 2.40. The Morgan fingerprint density at radius 1 is 1.41 bits per heavy atom. The number of carbonyl (C=O) groups is 1. The maximum atomic E-state index is 10.9. The van der Waals surface area contributed by atoms with E-state index in [2.05, 4.69) is 0 Å². The Bertz CT molecular complexity index is 557. The van der Waals surface area contributed by atoms with Crippen molar-refractivity contribution in [3.8, 4) is 0 Å². The normalized spacial score (nSPS) is 10.9. The lowest BCUT2D eigenvalue weighted by molar-refractivity contribution is 0.0697. The topological polar surface area (TPSA) is 62.5 Å². The number of hydrogen-bond donors (Lipinski definition) is 2. The standard InChI is InChI=1S/C13H15NO3/c1-14-8-10(3-2-6-15)11-7-9(13(16)17)4-5-12(11)14/h4-5,7-8,15H,2-3,6H2,1H3,(H,16,17). The molecule has 0 unspecified atom stereocenters. The molecule has 1 aromatic heterocycles. The lowest BCUT2D eigenvalue weighted by atomic mass is 10.1. The molecule has 0 saturated heterocycles. The average Bonchev–Trinajstić information content (AvgIpc) is 2.63. The summed E-state index contributed by atoms with van der Waals surface area (Å²) in [6.45, 7) is 0.148. The minimum Gasteiger partial charge on any atom is -0.478 e. The number of carboxylic acid groups (broad SMARTS) is 1. The van der Waals surface area contributed by atoms with Gasteiger partial charge in [-0.15, -0.1) is 0 Å². The molecule has 17 heavy (non-hydrogen) atoms. The first kappa shape index (κ1) is 11.7. The average molecular weight is 233 g/mol. The lowest BCUT2D eigenvalue weighted by Gasteiger charge is -1.99. The van der Waals surface area contributed by atoms with E-state index < -0.39 is 5.97 Å². The van der Waals surface area contributed by atoms with Crippen LogP contribution in [0.1, 0.15) is 22.3 Å². The van der Waals surface area contributed by atoms with Gasteiger partial charge in [-0.2, -0.15) is 0 Å². The first-order valence-electron chi connectivity index (χ1n) is 5.55. The van der Waals surface area contributed by atoms with E-state index in [4.69, 9.17) is 10.2 Å². The van der Waals surface area contributed by atoms with Gasteiger partial charge in [-0.25, -0.2) is 4.79 Å². The second-order valence-electron chi connectivity index (χ2n) is 4.13. The number of benzene rings is 1. The fourth-order valence-corrected chi connectivity index (χ4v) is 2.08. The van der Waals surface area contributed by atoms with E-state index in [9.17, 15) is 4.79 Å². The molecule has 2 rings (SSSR count). The van der Waals surface area contributed by atoms with Gasteiger partial charge in [-0.05, 0) is 36.6 Å². The molecule has 0 bridgehead atoms. The number of carboxylic acids is 1. The molecule has 1 heterocycles. The maximum Gasteiger partial charge on any atom is 0.335 e. The number of hydrogen-bond acceptors (Lipinski definition) is 2. The summed E-state index contributed by atoms with van der Waals surface area (Å²) in [6.07, 6.45) is 3.44. The van der Waals surface area contributed by atoms with E-state index in [1.807, 2.05) is 23.9 Å². The van der Waals surface area contributed by atoms with Gasteiger partial charge in [0, 0.05) is 30.8 Å². The van der Waals surface area contributed by atoms with Crippen LogP contribution in [0.25, 0.3) is 10.9 Å². The van der Waals surface area contributed by atoms with E-state index in [1.165, 1.54) is 0 Å². The summed E-state index contributed by atoms with van der Waals surface area (Å²) in [4.78, 5) is 10.9. The highest BCUT2D eigenvalue weighted by atomic mass is 16.4. The molecule has 0 aliphatic carbocycles. The zero-order chi connectivity index (χ0) is 12.4. The third kappa shape index (κ3) is 2.17. The van der Waals surface area contributed by atoms with Gasteiger partial charge >= 0.3 is 5.97 Å². The highest BCUT2D eigenvalue weighted by Gasteiger charge is 2.09. The zero-order valence-electron chi connectivity index (χ0n) is 9.68. The van der Waals surface area contributed by atoms with Crippen LogP contribution in [0.2, 0.25) is 0 Å². The monoisotopic (exact) mass is 233 g/mol. The molecule has 90 valence electrons. The minimum absolute atomic E-state index is 0.148. The Balaban J connectivity index is 2.52. The van der Waals surface area contributed by atoms with Crippen molar-refractivity contribution in [3.05, 3.63) is 35.5 Å². The van der Waals surface area contributed by atoms with Gasteiger partial charge in [0.05, 0.1) is 5.56 Å². The largest absolute Gasteiger partial charge is 0.478 e. The summed E-state index contributed by atoms with van der Waals surface area (Å²) in [6, 6.07) is 5.13. The van der Waals surface area contributed by atoms with Crippen LogP contribution in [0, 0.1) is 0 Å². The van der Waals surface area contributed by atoms with E-state index in [1.54, 1.807) is 12.1 Å². The zero-order valence-corrected chi connectivity index (χ0v) is 9.68. The first-order chi connectivity index (χ1) is 8.13. The second kappa shape index (κ2) is 4.59. The third-order valence-electron chi connectivity index (χ3n) is 2.92. The summed E-state index contributed by atoms with van der Waals surface area (Å²) < 4.78 is 1.98. The Morgan fingerprint density at radius 3 is 2.82 bits per heavy atom. The number of aliphatic hydroxyl groups is 1. The van der Waals surface area contributed by atoms with Crippen molar-refractivity contribution in [2.45, 2.75) is 12.8 Å². The van der Waals surface area contributed by atoms with Crippen molar-refractivity contribution in [2.75, 3.05) is 6.61 Å². The molecule has 0 fully saturated rings. The van der Waals surface area contributed by atoms with Crippen LogP contribution in [0.5, 0.6) is 0 Å². The van der Waals surface area contributed by atoms with Crippen molar-refractivity contribution in [3.63, 3.8) is 0 Å². The number of rotatable bonds is 4.